The summed E-state index contributed by atoms with van der Waals surface area (Å²) in [5.74, 6) is 0.480. The van der Waals surface area contributed by atoms with Crippen LogP contribution in [0.3, 0.4) is 0 Å². The number of hydrogen-bond donors (Lipinski definition) is 1. The molecule has 0 saturated carbocycles. The molecule has 0 bridgehead atoms. The number of methoxy groups -OCH3 is 1. The number of aromatic nitrogens is 2. The fraction of sp³-hybridized carbons (Fsp3) is 0.250. The highest BCUT2D eigenvalue weighted by atomic mass is 16.5. The first kappa shape index (κ1) is 18.6. The van der Waals surface area contributed by atoms with Gasteiger partial charge in [-0.2, -0.15) is 0 Å². The van der Waals surface area contributed by atoms with Gasteiger partial charge in [0.2, 0.25) is 0 Å². The Morgan fingerprint density at radius 3 is 2.78 bits per heavy atom. The van der Waals surface area contributed by atoms with Gasteiger partial charge in [-0.05, 0) is 37.3 Å². The van der Waals surface area contributed by atoms with Crippen LogP contribution in [-0.2, 0) is 11.3 Å². The number of hydrogen-bond acceptors (Lipinski definition) is 6. The Labute approximate surface area is 155 Å². The number of aliphatic hydroxyl groups excluding tert-OH is 1. The highest BCUT2D eigenvalue weighted by Gasteiger charge is 2.13. The van der Waals surface area contributed by atoms with Crippen LogP contribution in [0.5, 0.6) is 5.75 Å². The summed E-state index contributed by atoms with van der Waals surface area (Å²) in [6, 6.07) is 13.6. The molecule has 3 aromatic rings. The Balaban J connectivity index is 1.72. The van der Waals surface area contributed by atoms with Crippen molar-refractivity contribution < 1.29 is 19.4 Å². The molecule has 1 N–H and O–H groups in total. The van der Waals surface area contributed by atoms with E-state index in [9.17, 15) is 14.7 Å². The van der Waals surface area contributed by atoms with Crippen LogP contribution in [0.1, 0.15) is 16.2 Å². The Hall–Kier alpha value is -3.19. The van der Waals surface area contributed by atoms with Crippen LogP contribution >= 0.6 is 0 Å². The standard InChI is InChI=1S/C20H20N2O5/c1-13-21-18-9-4-3-8-17(18)19(24)22(13)11-15(23)12-27-16-7-5-6-14(10-16)20(25)26-2/h3-10,15,23H,11-12H2,1-2H3/t15-/m1/s1. The summed E-state index contributed by atoms with van der Waals surface area (Å²) < 4.78 is 11.6. The van der Waals surface area contributed by atoms with E-state index in [1.807, 2.05) is 6.07 Å². The first-order chi connectivity index (χ1) is 13.0. The van der Waals surface area contributed by atoms with E-state index in [0.717, 1.165) is 0 Å². The molecular formula is C20H20N2O5. The molecule has 0 aliphatic carbocycles. The highest BCUT2D eigenvalue weighted by molar-refractivity contribution is 5.89. The van der Waals surface area contributed by atoms with Gasteiger partial charge in [0.05, 0.1) is 30.1 Å². The van der Waals surface area contributed by atoms with Crippen molar-refractivity contribution in [3.63, 3.8) is 0 Å². The van der Waals surface area contributed by atoms with Gasteiger partial charge < -0.3 is 14.6 Å². The monoisotopic (exact) mass is 368 g/mol. The number of esters is 1. The molecule has 0 aliphatic rings. The molecule has 0 radical (unpaired) electrons. The predicted octanol–water partition coefficient (Wildman–Crippen LogP) is 1.93. The van der Waals surface area contributed by atoms with Crippen LogP contribution in [0, 0.1) is 6.92 Å². The summed E-state index contributed by atoms with van der Waals surface area (Å²) >= 11 is 0. The van der Waals surface area contributed by atoms with Gasteiger partial charge >= 0.3 is 5.97 Å². The van der Waals surface area contributed by atoms with Crippen molar-refractivity contribution in [1.82, 2.24) is 9.55 Å². The minimum absolute atomic E-state index is 0.0384. The number of aryl methyl sites for hydroxylation is 1. The van der Waals surface area contributed by atoms with E-state index in [2.05, 4.69) is 9.72 Å². The molecule has 2 aromatic carbocycles. The molecule has 0 aliphatic heterocycles. The zero-order chi connectivity index (χ0) is 19.4. The minimum atomic E-state index is -0.925. The second-order valence-electron chi connectivity index (χ2n) is 6.08. The first-order valence-electron chi connectivity index (χ1n) is 8.45. The van der Waals surface area contributed by atoms with Gasteiger partial charge in [0.1, 0.15) is 24.3 Å². The molecular weight excluding hydrogens is 348 g/mol. The van der Waals surface area contributed by atoms with E-state index >= 15 is 0 Å². The lowest BCUT2D eigenvalue weighted by atomic mass is 10.2. The summed E-state index contributed by atoms with van der Waals surface area (Å²) in [5.41, 5.74) is 0.779. The lowest BCUT2D eigenvalue weighted by molar-refractivity contribution is 0.0599. The van der Waals surface area contributed by atoms with Crippen molar-refractivity contribution in [3.8, 4) is 5.75 Å². The van der Waals surface area contributed by atoms with Crippen LogP contribution in [0.15, 0.2) is 53.3 Å². The minimum Gasteiger partial charge on any atom is -0.491 e. The third-order valence-electron chi connectivity index (χ3n) is 4.14. The topological polar surface area (TPSA) is 90.7 Å². The molecule has 1 aromatic heterocycles. The van der Waals surface area contributed by atoms with Crippen LogP contribution in [0.2, 0.25) is 0 Å². The number of carbonyl (C=O) groups excluding carboxylic acids is 1. The van der Waals surface area contributed by atoms with Crippen molar-refractivity contribution in [2.45, 2.75) is 19.6 Å². The van der Waals surface area contributed by atoms with Crippen molar-refractivity contribution in [2.75, 3.05) is 13.7 Å². The molecule has 0 amide bonds. The van der Waals surface area contributed by atoms with Crippen LogP contribution in [0.25, 0.3) is 10.9 Å². The molecule has 0 unspecified atom stereocenters. The summed E-state index contributed by atoms with van der Waals surface area (Å²) in [4.78, 5) is 28.6. The molecule has 7 heteroatoms. The molecule has 27 heavy (non-hydrogen) atoms. The van der Waals surface area contributed by atoms with Crippen LogP contribution < -0.4 is 10.3 Å². The summed E-state index contributed by atoms with van der Waals surface area (Å²) in [6.45, 7) is 1.74. The van der Waals surface area contributed by atoms with Crippen molar-refractivity contribution >= 4 is 16.9 Å². The van der Waals surface area contributed by atoms with Gasteiger partial charge in [-0.3, -0.25) is 9.36 Å². The quantitative estimate of drug-likeness (QED) is 0.669. The molecule has 3 rings (SSSR count). The number of para-hydroxylation sites is 1. The molecule has 0 saturated heterocycles. The number of ether oxygens (including phenoxy) is 2. The van der Waals surface area contributed by atoms with E-state index in [0.29, 0.717) is 28.0 Å². The molecule has 1 heterocycles. The van der Waals surface area contributed by atoms with Crippen LogP contribution in [-0.4, -0.2) is 40.4 Å². The fourth-order valence-corrected chi connectivity index (χ4v) is 2.78. The molecule has 0 spiro atoms. The van der Waals surface area contributed by atoms with E-state index in [-0.39, 0.29) is 18.7 Å². The van der Waals surface area contributed by atoms with Crippen molar-refractivity contribution in [3.05, 3.63) is 70.3 Å². The smallest absolute Gasteiger partial charge is 0.337 e. The zero-order valence-corrected chi connectivity index (χ0v) is 15.1. The first-order valence-corrected chi connectivity index (χ1v) is 8.45. The number of benzene rings is 2. The second-order valence-corrected chi connectivity index (χ2v) is 6.08. The summed E-state index contributed by atoms with van der Waals surface area (Å²) in [7, 11) is 1.30. The van der Waals surface area contributed by atoms with E-state index in [1.54, 1.807) is 43.3 Å². The molecule has 1 atom stereocenters. The van der Waals surface area contributed by atoms with Crippen LogP contribution in [0.4, 0.5) is 0 Å². The largest absolute Gasteiger partial charge is 0.491 e. The molecule has 0 fully saturated rings. The zero-order valence-electron chi connectivity index (χ0n) is 15.1. The van der Waals surface area contributed by atoms with Gasteiger partial charge in [-0.1, -0.05) is 18.2 Å². The van der Waals surface area contributed by atoms with Gasteiger partial charge in [0.25, 0.3) is 5.56 Å². The maximum atomic E-state index is 12.6. The number of aliphatic hydroxyl groups is 1. The second kappa shape index (κ2) is 8.01. The van der Waals surface area contributed by atoms with E-state index < -0.39 is 12.1 Å². The van der Waals surface area contributed by atoms with Gasteiger partial charge in [0, 0.05) is 0 Å². The van der Waals surface area contributed by atoms with E-state index in [1.165, 1.54) is 17.7 Å². The number of nitrogens with zero attached hydrogens (tertiary/aromatic N) is 2. The maximum absolute atomic E-state index is 12.6. The lowest BCUT2D eigenvalue weighted by Gasteiger charge is -2.16. The Kier molecular flexibility index (Phi) is 5.52. The third kappa shape index (κ3) is 4.15. The van der Waals surface area contributed by atoms with E-state index in [4.69, 9.17) is 4.74 Å². The number of fused-ring (bicyclic) bond motifs is 1. The average Bonchev–Trinajstić information content (AvgIpc) is 2.69. The predicted molar refractivity (Wildman–Crippen MR) is 100 cm³/mol. The Bertz CT molecular complexity index is 1030. The lowest BCUT2D eigenvalue weighted by Crippen LogP contribution is -2.32. The molecule has 7 nitrogen and oxygen atoms in total. The van der Waals surface area contributed by atoms with Gasteiger partial charge in [-0.15, -0.1) is 0 Å². The number of rotatable bonds is 6. The Morgan fingerprint density at radius 1 is 1.22 bits per heavy atom. The van der Waals surface area contributed by atoms with Crippen molar-refractivity contribution in [1.29, 1.82) is 0 Å². The van der Waals surface area contributed by atoms with Gasteiger partial charge in [0.15, 0.2) is 0 Å². The van der Waals surface area contributed by atoms with Gasteiger partial charge in [-0.25, -0.2) is 9.78 Å². The number of carbonyl (C=O) groups is 1. The average molecular weight is 368 g/mol. The van der Waals surface area contributed by atoms with Crippen molar-refractivity contribution in [2.24, 2.45) is 0 Å². The highest BCUT2D eigenvalue weighted by Crippen LogP contribution is 2.15. The summed E-state index contributed by atoms with van der Waals surface area (Å²) in [6.07, 6.45) is -0.925. The maximum Gasteiger partial charge on any atom is 0.337 e. The third-order valence-corrected chi connectivity index (χ3v) is 4.14. The fourth-order valence-electron chi connectivity index (χ4n) is 2.78. The Morgan fingerprint density at radius 2 is 2.00 bits per heavy atom. The summed E-state index contributed by atoms with van der Waals surface area (Å²) in [5, 5.41) is 10.8. The SMILES string of the molecule is COC(=O)c1cccc(OC[C@H](O)Cn2c(C)nc3ccccc3c2=O)c1. The molecule has 140 valence electrons. The normalized spacial score (nSPS) is 12.0.